The fourth-order valence-electron chi connectivity index (χ4n) is 2.96. The SMILES string of the molecule is CCOC(=O)c1ccc(NC(=O)Nc2cccc(-c3nnc(-c4ccccc4)o3)c2)cc1. The Labute approximate surface area is 184 Å². The second-order valence-electron chi connectivity index (χ2n) is 6.74. The van der Waals surface area contributed by atoms with Crippen LogP contribution < -0.4 is 10.6 Å². The van der Waals surface area contributed by atoms with Crippen molar-refractivity contribution in [1.82, 2.24) is 10.2 Å². The number of esters is 1. The molecule has 2 amide bonds. The van der Waals surface area contributed by atoms with Crippen molar-refractivity contribution in [2.75, 3.05) is 17.2 Å². The van der Waals surface area contributed by atoms with Crippen molar-refractivity contribution in [3.63, 3.8) is 0 Å². The number of anilines is 2. The first-order valence-corrected chi connectivity index (χ1v) is 9.97. The van der Waals surface area contributed by atoms with Gasteiger partial charge >= 0.3 is 12.0 Å². The van der Waals surface area contributed by atoms with Gasteiger partial charge in [0.05, 0.1) is 12.2 Å². The van der Waals surface area contributed by atoms with Crippen LogP contribution in [0.1, 0.15) is 17.3 Å². The zero-order valence-corrected chi connectivity index (χ0v) is 17.2. The molecule has 3 aromatic carbocycles. The van der Waals surface area contributed by atoms with Gasteiger partial charge in [-0.05, 0) is 61.5 Å². The number of hydrogen-bond acceptors (Lipinski definition) is 6. The molecule has 0 aliphatic heterocycles. The summed E-state index contributed by atoms with van der Waals surface area (Å²) in [5.41, 5.74) is 3.02. The Morgan fingerprint density at radius 1 is 0.812 bits per heavy atom. The lowest BCUT2D eigenvalue weighted by Gasteiger charge is -2.09. The van der Waals surface area contributed by atoms with Gasteiger partial charge in [-0.25, -0.2) is 9.59 Å². The third-order valence-corrected chi connectivity index (χ3v) is 4.47. The van der Waals surface area contributed by atoms with Crippen LogP contribution in [0.2, 0.25) is 0 Å². The number of nitrogens with one attached hydrogen (secondary N) is 2. The van der Waals surface area contributed by atoms with Crippen LogP contribution in [-0.2, 0) is 4.74 Å². The molecule has 1 aromatic heterocycles. The minimum absolute atomic E-state index is 0.303. The number of ether oxygens (including phenoxy) is 1. The lowest BCUT2D eigenvalue weighted by Crippen LogP contribution is -2.19. The fourth-order valence-corrected chi connectivity index (χ4v) is 2.96. The number of nitrogens with zero attached hydrogens (tertiary/aromatic N) is 2. The van der Waals surface area contributed by atoms with Crippen molar-refractivity contribution in [1.29, 1.82) is 0 Å². The van der Waals surface area contributed by atoms with Crippen LogP contribution in [-0.4, -0.2) is 28.8 Å². The molecular weight excluding hydrogens is 408 g/mol. The summed E-state index contributed by atoms with van der Waals surface area (Å²) in [6.07, 6.45) is 0. The Balaban J connectivity index is 1.41. The predicted molar refractivity (Wildman–Crippen MR) is 120 cm³/mol. The number of carbonyl (C=O) groups is 2. The van der Waals surface area contributed by atoms with Gasteiger partial charge in [0.25, 0.3) is 0 Å². The third-order valence-electron chi connectivity index (χ3n) is 4.47. The smallest absolute Gasteiger partial charge is 0.338 e. The van der Waals surface area contributed by atoms with Crippen molar-refractivity contribution in [2.24, 2.45) is 0 Å². The van der Waals surface area contributed by atoms with Crippen molar-refractivity contribution >= 4 is 23.4 Å². The normalized spacial score (nSPS) is 10.4. The van der Waals surface area contributed by atoms with E-state index in [4.69, 9.17) is 9.15 Å². The molecule has 0 saturated carbocycles. The Morgan fingerprint density at radius 2 is 1.47 bits per heavy atom. The molecule has 0 unspecified atom stereocenters. The monoisotopic (exact) mass is 428 g/mol. The van der Waals surface area contributed by atoms with Crippen molar-refractivity contribution in [3.8, 4) is 22.9 Å². The quantitative estimate of drug-likeness (QED) is 0.408. The summed E-state index contributed by atoms with van der Waals surface area (Å²) in [5, 5.41) is 13.7. The summed E-state index contributed by atoms with van der Waals surface area (Å²) < 4.78 is 10.7. The molecular formula is C24H20N4O4. The highest BCUT2D eigenvalue weighted by Gasteiger charge is 2.12. The summed E-state index contributed by atoms with van der Waals surface area (Å²) >= 11 is 0. The maximum atomic E-state index is 12.4. The van der Waals surface area contributed by atoms with E-state index in [1.165, 1.54) is 0 Å². The van der Waals surface area contributed by atoms with E-state index in [0.29, 0.717) is 40.9 Å². The molecule has 1 heterocycles. The molecule has 0 fully saturated rings. The Hall–Kier alpha value is -4.46. The molecule has 8 nitrogen and oxygen atoms in total. The fraction of sp³-hybridized carbons (Fsp3) is 0.0833. The largest absolute Gasteiger partial charge is 0.462 e. The zero-order chi connectivity index (χ0) is 22.3. The highest BCUT2D eigenvalue weighted by atomic mass is 16.5. The number of benzene rings is 3. The lowest BCUT2D eigenvalue weighted by atomic mass is 10.2. The van der Waals surface area contributed by atoms with Crippen LogP contribution in [0.3, 0.4) is 0 Å². The molecule has 4 rings (SSSR count). The van der Waals surface area contributed by atoms with Crippen molar-refractivity contribution in [3.05, 3.63) is 84.4 Å². The molecule has 32 heavy (non-hydrogen) atoms. The van der Waals surface area contributed by atoms with Gasteiger partial charge in [-0.3, -0.25) is 0 Å². The molecule has 0 aliphatic carbocycles. The average molecular weight is 428 g/mol. The first-order chi connectivity index (χ1) is 15.6. The maximum absolute atomic E-state index is 12.4. The van der Waals surface area contributed by atoms with E-state index in [9.17, 15) is 9.59 Å². The molecule has 2 N–H and O–H groups in total. The standard InChI is InChI=1S/C24H20N4O4/c1-2-31-23(29)17-11-13-19(14-12-17)25-24(30)26-20-10-6-9-18(15-20)22-28-27-21(32-22)16-7-4-3-5-8-16/h3-15H,2H2,1H3,(H2,25,26,30). The number of hydrogen-bond donors (Lipinski definition) is 2. The third kappa shape index (κ3) is 4.99. The first-order valence-electron chi connectivity index (χ1n) is 9.97. The van der Waals surface area contributed by atoms with E-state index in [1.54, 1.807) is 49.4 Å². The van der Waals surface area contributed by atoms with Crippen LogP contribution >= 0.6 is 0 Å². The molecule has 8 heteroatoms. The van der Waals surface area contributed by atoms with Crippen molar-refractivity contribution in [2.45, 2.75) is 6.92 Å². The lowest BCUT2D eigenvalue weighted by molar-refractivity contribution is 0.0526. The van der Waals surface area contributed by atoms with Gasteiger partial charge in [-0.2, -0.15) is 0 Å². The molecule has 0 saturated heterocycles. The maximum Gasteiger partial charge on any atom is 0.338 e. The van der Waals surface area contributed by atoms with E-state index in [1.807, 2.05) is 36.4 Å². The summed E-state index contributed by atoms with van der Waals surface area (Å²) in [4.78, 5) is 24.1. The second-order valence-corrected chi connectivity index (χ2v) is 6.74. The topological polar surface area (TPSA) is 106 Å². The highest BCUT2D eigenvalue weighted by molar-refractivity contribution is 6.00. The van der Waals surface area contributed by atoms with Crippen LogP contribution in [0.5, 0.6) is 0 Å². The Kier molecular flexibility index (Phi) is 6.22. The molecule has 0 radical (unpaired) electrons. The van der Waals surface area contributed by atoms with Crippen LogP contribution in [0.15, 0.2) is 83.3 Å². The summed E-state index contributed by atoms with van der Waals surface area (Å²) in [7, 11) is 0. The first kappa shape index (κ1) is 20.8. The highest BCUT2D eigenvalue weighted by Crippen LogP contribution is 2.25. The van der Waals surface area contributed by atoms with Gasteiger partial charge in [0.15, 0.2) is 0 Å². The molecule has 0 spiro atoms. The Bertz CT molecular complexity index is 1220. The molecule has 4 aromatic rings. The predicted octanol–water partition coefficient (Wildman–Crippen LogP) is 5.22. The van der Waals surface area contributed by atoms with Gasteiger partial charge in [0.2, 0.25) is 11.8 Å². The molecule has 0 atom stereocenters. The molecule has 160 valence electrons. The number of aromatic nitrogens is 2. The second kappa shape index (κ2) is 9.57. The van der Waals surface area contributed by atoms with Gasteiger partial charge in [0, 0.05) is 22.5 Å². The molecule has 0 bridgehead atoms. The van der Waals surface area contributed by atoms with Crippen molar-refractivity contribution < 1.29 is 18.7 Å². The summed E-state index contributed by atoms with van der Waals surface area (Å²) in [6, 6.07) is 22.6. The van der Waals surface area contributed by atoms with E-state index in [2.05, 4.69) is 20.8 Å². The number of urea groups is 1. The van der Waals surface area contributed by atoms with E-state index in [0.717, 1.165) is 5.56 Å². The average Bonchev–Trinajstić information content (AvgIpc) is 3.31. The van der Waals surface area contributed by atoms with Crippen LogP contribution in [0, 0.1) is 0 Å². The van der Waals surface area contributed by atoms with E-state index in [-0.39, 0.29) is 0 Å². The van der Waals surface area contributed by atoms with Gasteiger partial charge in [-0.15, -0.1) is 10.2 Å². The number of amides is 2. The van der Waals surface area contributed by atoms with Gasteiger partial charge < -0.3 is 19.8 Å². The van der Waals surface area contributed by atoms with Gasteiger partial charge in [-0.1, -0.05) is 24.3 Å². The summed E-state index contributed by atoms with van der Waals surface area (Å²) in [6.45, 7) is 2.05. The minimum atomic E-state index is -0.429. The van der Waals surface area contributed by atoms with E-state index >= 15 is 0 Å². The van der Waals surface area contributed by atoms with Crippen LogP contribution in [0.4, 0.5) is 16.2 Å². The van der Waals surface area contributed by atoms with Crippen LogP contribution in [0.25, 0.3) is 22.9 Å². The molecule has 0 aliphatic rings. The Morgan fingerprint density at radius 3 is 2.19 bits per heavy atom. The minimum Gasteiger partial charge on any atom is -0.462 e. The summed E-state index contributed by atoms with van der Waals surface area (Å²) in [5.74, 6) is 0.363. The van der Waals surface area contributed by atoms with Gasteiger partial charge in [0.1, 0.15) is 0 Å². The van der Waals surface area contributed by atoms with E-state index < -0.39 is 12.0 Å². The zero-order valence-electron chi connectivity index (χ0n) is 17.2. The number of carbonyl (C=O) groups excluding carboxylic acids is 2. The number of rotatable bonds is 6.